The van der Waals surface area contributed by atoms with Gasteiger partial charge < -0.3 is 11.1 Å². The average Bonchev–Trinajstić information content (AvgIpc) is 3.08. The lowest BCUT2D eigenvalue weighted by molar-refractivity contribution is -0.118. The summed E-state index contributed by atoms with van der Waals surface area (Å²) in [6.45, 7) is 0.640. The normalized spacial score (nSPS) is 16.3. The topological polar surface area (TPSA) is 72.2 Å². The SMILES string of the molecule is Nc1cc(F)cc(S(=O)CC(=O)NCC2CC2)c1. The molecule has 0 spiro atoms. The highest BCUT2D eigenvalue weighted by atomic mass is 32.2. The maximum absolute atomic E-state index is 13.1. The van der Waals surface area contributed by atoms with E-state index in [0.717, 1.165) is 25.0 Å². The third-order valence-corrected chi connectivity index (χ3v) is 3.99. The van der Waals surface area contributed by atoms with E-state index in [9.17, 15) is 13.4 Å². The van der Waals surface area contributed by atoms with E-state index < -0.39 is 16.6 Å². The first-order chi connectivity index (χ1) is 8.54. The van der Waals surface area contributed by atoms with Crippen molar-refractivity contribution in [1.82, 2.24) is 5.32 Å². The van der Waals surface area contributed by atoms with Crippen LogP contribution in [-0.4, -0.2) is 22.4 Å². The van der Waals surface area contributed by atoms with Crippen LogP contribution in [0.3, 0.4) is 0 Å². The maximum Gasteiger partial charge on any atom is 0.233 e. The van der Waals surface area contributed by atoms with Gasteiger partial charge in [-0.1, -0.05) is 0 Å². The molecule has 0 radical (unpaired) electrons. The minimum Gasteiger partial charge on any atom is -0.399 e. The van der Waals surface area contributed by atoms with E-state index in [1.807, 2.05) is 0 Å². The highest BCUT2D eigenvalue weighted by molar-refractivity contribution is 7.85. The van der Waals surface area contributed by atoms with E-state index in [-0.39, 0.29) is 22.2 Å². The highest BCUT2D eigenvalue weighted by Gasteiger charge is 2.22. The second-order valence-electron chi connectivity index (χ2n) is 4.46. The van der Waals surface area contributed by atoms with Crippen LogP contribution < -0.4 is 11.1 Å². The van der Waals surface area contributed by atoms with Crippen molar-refractivity contribution in [1.29, 1.82) is 0 Å². The molecule has 1 unspecified atom stereocenters. The molecule has 1 aliphatic rings. The number of hydrogen-bond acceptors (Lipinski definition) is 3. The van der Waals surface area contributed by atoms with Crippen molar-refractivity contribution in [3.8, 4) is 0 Å². The highest BCUT2D eigenvalue weighted by Crippen LogP contribution is 2.27. The third kappa shape index (κ3) is 3.80. The van der Waals surface area contributed by atoms with E-state index >= 15 is 0 Å². The van der Waals surface area contributed by atoms with Crippen molar-refractivity contribution in [3.05, 3.63) is 24.0 Å². The second kappa shape index (κ2) is 5.48. The molecule has 98 valence electrons. The van der Waals surface area contributed by atoms with Crippen LogP contribution in [-0.2, 0) is 15.6 Å². The number of hydrogen-bond donors (Lipinski definition) is 2. The first kappa shape index (κ1) is 13.0. The Morgan fingerprint density at radius 3 is 2.78 bits per heavy atom. The van der Waals surface area contributed by atoms with Gasteiger partial charge in [-0.2, -0.15) is 0 Å². The molecule has 1 aromatic rings. The van der Waals surface area contributed by atoms with Gasteiger partial charge in [-0.25, -0.2) is 4.39 Å². The summed E-state index contributed by atoms with van der Waals surface area (Å²) in [4.78, 5) is 11.7. The molecule has 1 atom stereocenters. The third-order valence-electron chi connectivity index (χ3n) is 2.70. The molecule has 18 heavy (non-hydrogen) atoms. The summed E-state index contributed by atoms with van der Waals surface area (Å²) >= 11 is 0. The van der Waals surface area contributed by atoms with Gasteiger partial charge in [0, 0.05) is 17.1 Å². The molecule has 0 aromatic heterocycles. The van der Waals surface area contributed by atoms with Gasteiger partial charge in [-0.15, -0.1) is 0 Å². The zero-order valence-electron chi connectivity index (χ0n) is 9.82. The number of nitrogens with one attached hydrogen (secondary N) is 1. The molecular weight excluding hydrogens is 255 g/mol. The zero-order valence-corrected chi connectivity index (χ0v) is 10.6. The van der Waals surface area contributed by atoms with Crippen LogP contribution in [0.15, 0.2) is 23.1 Å². The Morgan fingerprint density at radius 1 is 1.44 bits per heavy atom. The number of carbonyl (C=O) groups is 1. The number of nitrogens with two attached hydrogens (primary N) is 1. The van der Waals surface area contributed by atoms with Crippen LogP contribution >= 0.6 is 0 Å². The van der Waals surface area contributed by atoms with Crippen molar-refractivity contribution in [3.63, 3.8) is 0 Å². The summed E-state index contributed by atoms with van der Waals surface area (Å²) < 4.78 is 24.9. The fraction of sp³-hybridized carbons (Fsp3) is 0.417. The molecule has 1 fully saturated rings. The summed E-state index contributed by atoms with van der Waals surface area (Å²) in [7, 11) is -1.56. The summed E-state index contributed by atoms with van der Waals surface area (Å²) in [5, 5.41) is 2.72. The Morgan fingerprint density at radius 2 is 2.17 bits per heavy atom. The first-order valence-corrected chi connectivity index (χ1v) is 7.07. The summed E-state index contributed by atoms with van der Waals surface area (Å²) in [5.41, 5.74) is 5.67. The van der Waals surface area contributed by atoms with Crippen molar-refractivity contribution in [2.24, 2.45) is 5.92 Å². The molecule has 2 rings (SSSR count). The van der Waals surface area contributed by atoms with E-state index in [1.54, 1.807) is 0 Å². The van der Waals surface area contributed by atoms with E-state index in [4.69, 9.17) is 5.73 Å². The molecule has 6 heteroatoms. The lowest BCUT2D eigenvalue weighted by atomic mass is 10.3. The number of nitrogen functional groups attached to an aromatic ring is 1. The van der Waals surface area contributed by atoms with Gasteiger partial charge in [0.1, 0.15) is 11.6 Å². The van der Waals surface area contributed by atoms with Gasteiger partial charge in [-0.3, -0.25) is 9.00 Å². The second-order valence-corrected chi connectivity index (χ2v) is 5.91. The molecule has 0 bridgehead atoms. The number of rotatable bonds is 5. The Balaban J connectivity index is 1.91. The molecule has 1 aromatic carbocycles. The number of benzene rings is 1. The Labute approximate surface area is 107 Å². The molecule has 0 heterocycles. The Kier molecular flexibility index (Phi) is 3.96. The van der Waals surface area contributed by atoms with Crippen LogP contribution in [0.1, 0.15) is 12.8 Å². The van der Waals surface area contributed by atoms with Gasteiger partial charge >= 0.3 is 0 Å². The summed E-state index contributed by atoms with van der Waals surface area (Å²) in [6.07, 6.45) is 2.29. The van der Waals surface area contributed by atoms with Crippen molar-refractivity contribution in [2.45, 2.75) is 17.7 Å². The molecular formula is C12H15FN2O2S. The van der Waals surface area contributed by atoms with Crippen LogP contribution in [0.4, 0.5) is 10.1 Å². The molecule has 0 saturated heterocycles. The largest absolute Gasteiger partial charge is 0.399 e. The average molecular weight is 270 g/mol. The smallest absolute Gasteiger partial charge is 0.233 e. The molecule has 1 aliphatic carbocycles. The lowest BCUT2D eigenvalue weighted by Gasteiger charge is -2.05. The minimum atomic E-state index is -1.56. The van der Waals surface area contributed by atoms with E-state index in [2.05, 4.69) is 5.32 Å². The predicted molar refractivity (Wildman–Crippen MR) is 67.8 cm³/mol. The van der Waals surface area contributed by atoms with Crippen molar-refractivity contribution in [2.75, 3.05) is 18.0 Å². The first-order valence-electron chi connectivity index (χ1n) is 5.76. The van der Waals surface area contributed by atoms with E-state index in [0.29, 0.717) is 12.5 Å². The number of amides is 1. The van der Waals surface area contributed by atoms with Gasteiger partial charge in [0.05, 0.1) is 10.8 Å². The number of anilines is 1. The van der Waals surface area contributed by atoms with Gasteiger partial charge in [0.25, 0.3) is 0 Å². The fourth-order valence-electron chi connectivity index (χ4n) is 1.55. The zero-order chi connectivity index (χ0) is 13.1. The Hall–Kier alpha value is -1.43. The van der Waals surface area contributed by atoms with Gasteiger partial charge in [-0.05, 0) is 37.0 Å². The van der Waals surface area contributed by atoms with Gasteiger partial charge in [0.2, 0.25) is 5.91 Å². The summed E-state index contributed by atoms with van der Waals surface area (Å²) in [5.74, 6) is -0.401. The standard InChI is InChI=1S/C12H15FN2O2S/c13-9-3-10(14)5-11(4-9)18(17)7-12(16)15-6-8-1-2-8/h3-5,8H,1-2,6-7,14H2,(H,15,16). The van der Waals surface area contributed by atoms with Crippen LogP contribution in [0.2, 0.25) is 0 Å². The molecule has 1 amide bonds. The summed E-state index contributed by atoms with van der Waals surface area (Å²) in [6, 6.07) is 3.71. The lowest BCUT2D eigenvalue weighted by Crippen LogP contribution is -2.30. The van der Waals surface area contributed by atoms with Gasteiger partial charge in [0.15, 0.2) is 0 Å². The fourth-order valence-corrected chi connectivity index (χ4v) is 2.57. The Bertz CT molecular complexity index is 469. The quantitative estimate of drug-likeness (QED) is 0.785. The van der Waals surface area contributed by atoms with Crippen molar-refractivity contribution >= 4 is 22.4 Å². The molecule has 3 N–H and O–H groups in total. The minimum absolute atomic E-state index is 0.157. The van der Waals surface area contributed by atoms with Crippen molar-refractivity contribution < 1.29 is 13.4 Å². The van der Waals surface area contributed by atoms with E-state index in [1.165, 1.54) is 6.07 Å². The number of carbonyl (C=O) groups excluding carboxylic acids is 1. The maximum atomic E-state index is 13.1. The van der Waals surface area contributed by atoms with Crippen LogP contribution in [0, 0.1) is 11.7 Å². The molecule has 4 nitrogen and oxygen atoms in total. The van der Waals surface area contributed by atoms with Crippen LogP contribution in [0.25, 0.3) is 0 Å². The molecule has 0 aliphatic heterocycles. The molecule has 1 saturated carbocycles. The monoisotopic (exact) mass is 270 g/mol. The van der Waals surface area contributed by atoms with Crippen LogP contribution in [0.5, 0.6) is 0 Å². The predicted octanol–water partition coefficient (Wildman–Crippen LogP) is 1.04. The number of halogens is 1.